The smallest absolute Gasteiger partial charge is 0.126 e. The van der Waals surface area contributed by atoms with Gasteiger partial charge in [0.25, 0.3) is 0 Å². The maximum absolute atomic E-state index is 13.6. The Hall–Kier alpha value is -0.540. The highest BCUT2D eigenvalue weighted by atomic mass is 32.2. The quantitative estimate of drug-likeness (QED) is 0.783. The molecule has 3 heteroatoms. The van der Waals surface area contributed by atoms with Gasteiger partial charge < -0.3 is 5.73 Å². The number of benzene rings is 1. The van der Waals surface area contributed by atoms with Crippen molar-refractivity contribution in [2.45, 2.75) is 49.8 Å². The summed E-state index contributed by atoms with van der Waals surface area (Å²) in [5.74, 6) is 1.95. The predicted molar refractivity (Wildman–Crippen MR) is 81.1 cm³/mol. The minimum Gasteiger partial charge on any atom is -0.330 e. The molecule has 0 atom stereocenters. The number of nitrogens with two attached hydrogens (primary N) is 1. The van der Waals surface area contributed by atoms with Crippen molar-refractivity contribution in [3.05, 3.63) is 29.6 Å². The van der Waals surface area contributed by atoms with Gasteiger partial charge in [-0.1, -0.05) is 19.3 Å². The van der Waals surface area contributed by atoms with Crippen LogP contribution in [-0.2, 0) is 6.42 Å². The second-order valence-electron chi connectivity index (χ2n) is 5.46. The number of aryl methyl sites for hydroxylation is 1. The minimum atomic E-state index is -0.0875. The van der Waals surface area contributed by atoms with E-state index in [-0.39, 0.29) is 5.82 Å². The lowest BCUT2D eigenvalue weighted by Gasteiger charge is -2.21. The highest BCUT2D eigenvalue weighted by molar-refractivity contribution is 7.99. The van der Waals surface area contributed by atoms with Gasteiger partial charge in [-0.15, -0.1) is 11.8 Å². The van der Waals surface area contributed by atoms with Gasteiger partial charge in [0, 0.05) is 10.6 Å². The third-order valence-electron chi connectivity index (χ3n) is 3.88. The van der Waals surface area contributed by atoms with Gasteiger partial charge in [-0.25, -0.2) is 4.39 Å². The Morgan fingerprint density at radius 3 is 2.74 bits per heavy atom. The van der Waals surface area contributed by atoms with Crippen LogP contribution in [-0.4, -0.2) is 12.3 Å². The van der Waals surface area contributed by atoms with E-state index in [0.29, 0.717) is 6.54 Å². The summed E-state index contributed by atoms with van der Waals surface area (Å²) in [5.41, 5.74) is 6.31. The normalized spacial score (nSPS) is 16.7. The molecule has 0 heterocycles. The Morgan fingerprint density at radius 1 is 1.21 bits per heavy atom. The van der Waals surface area contributed by atoms with Gasteiger partial charge in [-0.3, -0.25) is 0 Å². The molecule has 0 radical (unpaired) electrons. The third-order valence-corrected chi connectivity index (χ3v) is 5.10. The summed E-state index contributed by atoms with van der Waals surface area (Å²) in [4.78, 5) is 1.21. The molecule has 1 aliphatic carbocycles. The van der Waals surface area contributed by atoms with Crippen molar-refractivity contribution in [1.29, 1.82) is 0 Å². The fourth-order valence-corrected chi connectivity index (χ4v) is 3.84. The molecule has 0 saturated heterocycles. The van der Waals surface area contributed by atoms with Gasteiger partial charge in [-0.05, 0) is 61.9 Å². The molecule has 0 aromatic heterocycles. The molecule has 2 rings (SSSR count). The first-order valence-corrected chi connectivity index (χ1v) is 8.39. The number of hydrogen-bond acceptors (Lipinski definition) is 2. The van der Waals surface area contributed by atoms with Crippen LogP contribution >= 0.6 is 11.8 Å². The maximum atomic E-state index is 13.6. The van der Waals surface area contributed by atoms with Gasteiger partial charge in [-0.2, -0.15) is 0 Å². The minimum absolute atomic E-state index is 0.0875. The molecule has 1 aliphatic rings. The van der Waals surface area contributed by atoms with Crippen molar-refractivity contribution in [3.63, 3.8) is 0 Å². The molecule has 2 N–H and O–H groups in total. The summed E-state index contributed by atoms with van der Waals surface area (Å²) < 4.78 is 13.6. The molecule has 1 aromatic rings. The Morgan fingerprint density at radius 2 is 2.00 bits per heavy atom. The molecule has 1 saturated carbocycles. The molecule has 0 aliphatic heterocycles. The van der Waals surface area contributed by atoms with Crippen LogP contribution in [0.15, 0.2) is 23.1 Å². The maximum Gasteiger partial charge on any atom is 0.126 e. The number of halogens is 1. The van der Waals surface area contributed by atoms with Gasteiger partial charge in [0.15, 0.2) is 0 Å². The lowest BCUT2D eigenvalue weighted by atomic mass is 9.91. The second kappa shape index (κ2) is 7.91. The van der Waals surface area contributed by atoms with E-state index in [2.05, 4.69) is 0 Å². The van der Waals surface area contributed by atoms with Crippen molar-refractivity contribution in [2.24, 2.45) is 11.7 Å². The van der Waals surface area contributed by atoms with Gasteiger partial charge in [0.05, 0.1) is 0 Å². The van der Waals surface area contributed by atoms with Crippen LogP contribution in [0.25, 0.3) is 0 Å². The van der Waals surface area contributed by atoms with Crippen molar-refractivity contribution in [1.82, 2.24) is 0 Å². The monoisotopic (exact) mass is 281 g/mol. The van der Waals surface area contributed by atoms with Gasteiger partial charge in [0.1, 0.15) is 5.82 Å². The summed E-state index contributed by atoms with van der Waals surface area (Å²) >= 11 is 1.89. The number of rotatable bonds is 6. The van der Waals surface area contributed by atoms with Crippen LogP contribution in [0.3, 0.4) is 0 Å². The molecule has 1 nitrogen and oxygen atoms in total. The zero-order valence-corrected chi connectivity index (χ0v) is 12.4. The Kier molecular flexibility index (Phi) is 6.18. The fourth-order valence-electron chi connectivity index (χ4n) is 2.69. The molecule has 106 valence electrons. The van der Waals surface area contributed by atoms with E-state index in [4.69, 9.17) is 5.73 Å². The average Bonchev–Trinajstić information content (AvgIpc) is 2.46. The lowest BCUT2D eigenvalue weighted by Crippen LogP contribution is -2.08. The molecular weight excluding hydrogens is 257 g/mol. The molecule has 0 bridgehead atoms. The third kappa shape index (κ3) is 4.81. The van der Waals surface area contributed by atoms with Crippen LogP contribution in [0.1, 0.15) is 44.1 Å². The molecule has 0 unspecified atom stereocenters. The standard InChI is InChI=1S/C16H24FNS/c17-16-9-8-15(11-14(16)7-4-10-18)19-12-13-5-2-1-3-6-13/h8-9,11,13H,1-7,10,12,18H2. The SMILES string of the molecule is NCCCc1cc(SCC2CCCCC2)ccc1F. The van der Waals surface area contributed by atoms with E-state index in [0.717, 1.165) is 24.3 Å². The van der Waals surface area contributed by atoms with E-state index >= 15 is 0 Å². The van der Waals surface area contributed by atoms with E-state index in [1.165, 1.54) is 42.8 Å². The van der Waals surface area contributed by atoms with Crippen molar-refractivity contribution in [3.8, 4) is 0 Å². The summed E-state index contributed by atoms with van der Waals surface area (Å²) in [6.07, 6.45) is 8.52. The van der Waals surface area contributed by atoms with Gasteiger partial charge in [0.2, 0.25) is 0 Å². The number of hydrogen-bond donors (Lipinski definition) is 1. The molecule has 1 aromatic carbocycles. The summed E-state index contributed by atoms with van der Waals surface area (Å²) in [7, 11) is 0. The second-order valence-corrected chi connectivity index (χ2v) is 6.55. The molecular formula is C16H24FNS. The molecule has 19 heavy (non-hydrogen) atoms. The van der Waals surface area contributed by atoms with Crippen LogP contribution in [0.4, 0.5) is 4.39 Å². The molecule has 0 spiro atoms. The van der Waals surface area contributed by atoms with E-state index < -0.39 is 0 Å². The number of thioether (sulfide) groups is 1. The molecule has 0 amide bonds. The zero-order valence-electron chi connectivity index (χ0n) is 11.5. The van der Waals surface area contributed by atoms with E-state index in [1.807, 2.05) is 23.9 Å². The highest BCUT2D eigenvalue weighted by Gasteiger charge is 2.14. The molecule has 1 fully saturated rings. The van der Waals surface area contributed by atoms with Crippen LogP contribution < -0.4 is 5.73 Å². The topological polar surface area (TPSA) is 26.0 Å². The largest absolute Gasteiger partial charge is 0.330 e. The van der Waals surface area contributed by atoms with Gasteiger partial charge >= 0.3 is 0 Å². The first kappa shape index (κ1) is 14.9. The summed E-state index contributed by atoms with van der Waals surface area (Å²) in [6, 6.07) is 5.53. The summed E-state index contributed by atoms with van der Waals surface area (Å²) in [5, 5.41) is 0. The zero-order chi connectivity index (χ0) is 13.5. The average molecular weight is 281 g/mol. The van der Waals surface area contributed by atoms with Crippen molar-refractivity contribution in [2.75, 3.05) is 12.3 Å². The van der Waals surface area contributed by atoms with Crippen molar-refractivity contribution < 1.29 is 4.39 Å². The fraction of sp³-hybridized carbons (Fsp3) is 0.625. The van der Waals surface area contributed by atoms with E-state index in [9.17, 15) is 4.39 Å². The predicted octanol–water partition coefficient (Wildman–Crippen LogP) is 4.39. The van der Waals surface area contributed by atoms with Crippen molar-refractivity contribution >= 4 is 11.8 Å². The van der Waals surface area contributed by atoms with Crippen LogP contribution in [0.2, 0.25) is 0 Å². The van der Waals surface area contributed by atoms with Crippen LogP contribution in [0, 0.1) is 11.7 Å². The Balaban J connectivity index is 1.88. The lowest BCUT2D eigenvalue weighted by molar-refractivity contribution is 0.391. The Bertz CT molecular complexity index is 388. The summed E-state index contributed by atoms with van der Waals surface area (Å²) in [6.45, 7) is 0.624. The first-order chi connectivity index (χ1) is 9.29. The first-order valence-electron chi connectivity index (χ1n) is 7.41. The van der Waals surface area contributed by atoms with E-state index in [1.54, 1.807) is 6.07 Å². The Labute approximate surface area is 120 Å². The highest BCUT2D eigenvalue weighted by Crippen LogP contribution is 2.30. The van der Waals surface area contributed by atoms with Crippen LogP contribution in [0.5, 0.6) is 0 Å².